The smallest absolute Gasteiger partial charge is 0.232 e. The quantitative estimate of drug-likeness (QED) is 0.907. The predicted octanol–water partition coefficient (Wildman–Crippen LogP) is 3.94. The minimum atomic E-state index is -3.28. The van der Waals surface area contributed by atoms with Gasteiger partial charge < -0.3 is 0 Å². The van der Waals surface area contributed by atoms with E-state index < -0.39 is 10.0 Å². The minimum absolute atomic E-state index is 0.0149. The Bertz CT molecular complexity index is 518. The maximum absolute atomic E-state index is 12.0. The Balaban J connectivity index is 2.80. The molecule has 0 heterocycles. The third kappa shape index (κ3) is 5.40. The molecule has 0 aromatic heterocycles. The second-order valence-corrected chi connectivity index (χ2v) is 8.45. The first-order valence-corrected chi connectivity index (χ1v) is 8.30. The standard InChI is InChI=1S/C13H20BrNO2S/c1-10-5-6-11(14)9-12(10)15-18(16,17)8-7-13(2,3)4/h5-6,9,15H,7-8H2,1-4H3. The highest BCUT2D eigenvalue weighted by Crippen LogP contribution is 2.23. The normalized spacial score (nSPS) is 12.5. The largest absolute Gasteiger partial charge is 0.283 e. The fourth-order valence-corrected chi connectivity index (χ4v) is 3.26. The van der Waals surface area contributed by atoms with Gasteiger partial charge in [0.25, 0.3) is 0 Å². The third-order valence-corrected chi connectivity index (χ3v) is 4.35. The van der Waals surface area contributed by atoms with E-state index in [4.69, 9.17) is 0 Å². The van der Waals surface area contributed by atoms with Crippen molar-refractivity contribution < 1.29 is 8.42 Å². The predicted molar refractivity (Wildman–Crippen MR) is 80.4 cm³/mol. The zero-order chi connectivity index (χ0) is 14.0. The van der Waals surface area contributed by atoms with E-state index in [0.717, 1.165) is 10.0 Å². The van der Waals surface area contributed by atoms with Crippen LogP contribution >= 0.6 is 15.9 Å². The molecule has 0 saturated carbocycles. The number of rotatable bonds is 4. The summed E-state index contributed by atoms with van der Waals surface area (Å²) in [4.78, 5) is 0. The Hall–Kier alpha value is -0.550. The SMILES string of the molecule is Cc1ccc(Br)cc1NS(=O)(=O)CCC(C)(C)C. The lowest BCUT2D eigenvalue weighted by molar-refractivity contribution is 0.397. The number of sulfonamides is 1. The van der Waals surface area contributed by atoms with E-state index in [1.165, 1.54) is 0 Å². The lowest BCUT2D eigenvalue weighted by atomic mass is 9.94. The van der Waals surface area contributed by atoms with Crippen molar-refractivity contribution in [1.29, 1.82) is 0 Å². The molecule has 102 valence electrons. The van der Waals surface area contributed by atoms with Crippen molar-refractivity contribution in [3.63, 3.8) is 0 Å². The van der Waals surface area contributed by atoms with Crippen LogP contribution in [0.3, 0.4) is 0 Å². The summed E-state index contributed by atoms with van der Waals surface area (Å²) in [6, 6.07) is 5.55. The molecular weight excluding hydrogens is 314 g/mol. The van der Waals surface area contributed by atoms with Gasteiger partial charge in [-0.3, -0.25) is 4.72 Å². The first-order valence-electron chi connectivity index (χ1n) is 5.86. The molecule has 3 nitrogen and oxygen atoms in total. The number of hydrogen-bond donors (Lipinski definition) is 1. The molecule has 0 aliphatic rings. The van der Waals surface area contributed by atoms with E-state index in [0.29, 0.717) is 12.1 Å². The van der Waals surface area contributed by atoms with Crippen LogP contribution in [0.2, 0.25) is 0 Å². The number of benzene rings is 1. The summed E-state index contributed by atoms with van der Waals surface area (Å²) in [5.41, 5.74) is 1.57. The zero-order valence-corrected chi connectivity index (χ0v) is 13.7. The number of anilines is 1. The van der Waals surface area contributed by atoms with E-state index in [-0.39, 0.29) is 11.2 Å². The Morgan fingerprint density at radius 2 is 1.89 bits per heavy atom. The molecule has 0 spiro atoms. The molecule has 0 fully saturated rings. The van der Waals surface area contributed by atoms with Crippen LogP contribution in [0, 0.1) is 12.3 Å². The zero-order valence-electron chi connectivity index (χ0n) is 11.2. The maximum Gasteiger partial charge on any atom is 0.232 e. The van der Waals surface area contributed by atoms with Crippen LogP contribution in [0.15, 0.2) is 22.7 Å². The Labute approximate surface area is 118 Å². The third-order valence-electron chi connectivity index (χ3n) is 2.59. The number of nitrogens with one attached hydrogen (secondary N) is 1. The van der Waals surface area contributed by atoms with Crippen LogP contribution in [0.4, 0.5) is 5.69 Å². The van der Waals surface area contributed by atoms with Crippen molar-refractivity contribution >= 4 is 31.6 Å². The van der Waals surface area contributed by atoms with E-state index in [2.05, 4.69) is 20.7 Å². The fourth-order valence-electron chi connectivity index (χ4n) is 1.36. The lowest BCUT2D eigenvalue weighted by Crippen LogP contribution is -2.21. The van der Waals surface area contributed by atoms with Gasteiger partial charge in [-0.2, -0.15) is 0 Å². The van der Waals surface area contributed by atoms with Gasteiger partial charge in [-0.05, 0) is 36.5 Å². The molecule has 18 heavy (non-hydrogen) atoms. The van der Waals surface area contributed by atoms with Crippen LogP contribution in [0.5, 0.6) is 0 Å². The van der Waals surface area contributed by atoms with Crippen LogP contribution in [-0.2, 0) is 10.0 Å². The first-order chi connectivity index (χ1) is 8.09. The second kappa shape index (κ2) is 5.61. The van der Waals surface area contributed by atoms with Gasteiger partial charge in [-0.15, -0.1) is 0 Å². The minimum Gasteiger partial charge on any atom is -0.283 e. The molecular formula is C13H20BrNO2S. The van der Waals surface area contributed by atoms with E-state index in [1.54, 1.807) is 6.07 Å². The summed E-state index contributed by atoms with van der Waals surface area (Å²) in [6.45, 7) is 7.99. The van der Waals surface area contributed by atoms with Crippen molar-refractivity contribution in [2.45, 2.75) is 34.1 Å². The van der Waals surface area contributed by atoms with Crippen LogP contribution in [0.1, 0.15) is 32.8 Å². The molecule has 0 atom stereocenters. The van der Waals surface area contributed by atoms with Crippen molar-refractivity contribution in [1.82, 2.24) is 0 Å². The Kier molecular flexibility index (Phi) is 4.84. The van der Waals surface area contributed by atoms with Crippen molar-refractivity contribution in [2.24, 2.45) is 5.41 Å². The van der Waals surface area contributed by atoms with Crippen LogP contribution in [-0.4, -0.2) is 14.2 Å². The molecule has 1 rings (SSSR count). The summed E-state index contributed by atoms with van der Waals surface area (Å²) in [6.07, 6.45) is 0.634. The van der Waals surface area contributed by atoms with Gasteiger partial charge in [-0.25, -0.2) is 8.42 Å². The second-order valence-electron chi connectivity index (χ2n) is 5.69. The molecule has 5 heteroatoms. The number of aryl methyl sites for hydroxylation is 1. The molecule has 0 aliphatic carbocycles. The summed E-state index contributed by atoms with van der Waals surface area (Å²) >= 11 is 3.34. The van der Waals surface area contributed by atoms with E-state index >= 15 is 0 Å². The molecule has 0 amide bonds. The molecule has 1 aromatic rings. The van der Waals surface area contributed by atoms with Gasteiger partial charge in [0, 0.05) is 4.47 Å². The average Bonchev–Trinajstić information content (AvgIpc) is 2.20. The molecule has 0 bridgehead atoms. The van der Waals surface area contributed by atoms with E-state index in [9.17, 15) is 8.42 Å². The molecule has 1 N–H and O–H groups in total. The summed E-state index contributed by atoms with van der Waals surface area (Å²) in [5.74, 6) is 0.141. The van der Waals surface area contributed by atoms with Gasteiger partial charge in [0.2, 0.25) is 10.0 Å². The van der Waals surface area contributed by atoms with Gasteiger partial charge in [0.15, 0.2) is 0 Å². The number of hydrogen-bond acceptors (Lipinski definition) is 2. The fraction of sp³-hybridized carbons (Fsp3) is 0.538. The molecule has 0 unspecified atom stereocenters. The molecule has 1 aromatic carbocycles. The number of halogens is 1. The highest BCUT2D eigenvalue weighted by molar-refractivity contribution is 9.10. The maximum atomic E-state index is 12.0. The van der Waals surface area contributed by atoms with Gasteiger partial charge in [0.05, 0.1) is 11.4 Å². The monoisotopic (exact) mass is 333 g/mol. The van der Waals surface area contributed by atoms with Crippen LogP contribution in [0.25, 0.3) is 0 Å². The highest BCUT2D eigenvalue weighted by Gasteiger charge is 2.18. The molecule has 0 saturated heterocycles. The lowest BCUT2D eigenvalue weighted by Gasteiger charge is -2.18. The topological polar surface area (TPSA) is 46.2 Å². The summed E-state index contributed by atoms with van der Waals surface area (Å²) in [7, 11) is -3.28. The van der Waals surface area contributed by atoms with E-state index in [1.807, 2.05) is 39.8 Å². The summed E-state index contributed by atoms with van der Waals surface area (Å²) in [5, 5.41) is 0. The van der Waals surface area contributed by atoms with Crippen molar-refractivity contribution in [3.05, 3.63) is 28.2 Å². The van der Waals surface area contributed by atoms with Crippen LogP contribution < -0.4 is 4.72 Å². The summed E-state index contributed by atoms with van der Waals surface area (Å²) < 4.78 is 27.5. The van der Waals surface area contributed by atoms with Crippen molar-refractivity contribution in [3.8, 4) is 0 Å². The first kappa shape index (κ1) is 15.5. The molecule has 0 aliphatic heterocycles. The van der Waals surface area contributed by atoms with Gasteiger partial charge in [-0.1, -0.05) is 42.8 Å². The van der Waals surface area contributed by atoms with Gasteiger partial charge in [0.1, 0.15) is 0 Å². The molecule has 0 radical (unpaired) electrons. The highest BCUT2D eigenvalue weighted by atomic mass is 79.9. The van der Waals surface area contributed by atoms with Gasteiger partial charge >= 0.3 is 0 Å². The Morgan fingerprint density at radius 3 is 2.44 bits per heavy atom. The Morgan fingerprint density at radius 1 is 1.28 bits per heavy atom. The average molecular weight is 334 g/mol. The van der Waals surface area contributed by atoms with Crippen molar-refractivity contribution in [2.75, 3.05) is 10.5 Å².